The van der Waals surface area contributed by atoms with Crippen molar-refractivity contribution in [3.63, 3.8) is 0 Å². The van der Waals surface area contributed by atoms with E-state index in [9.17, 15) is 4.39 Å². The third kappa shape index (κ3) is 1.63. The smallest absolute Gasteiger partial charge is 0.169 e. The third-order valence-corrected chi connectivity index (χ3v) is 2.34. The van der Waals surface area contributed by atoms with E-state index >= 15 is 0 Å². The number of nitrogens with two attached hydrogens (primary N) is 1. The summed E-state index contributed by atoms with van der Waals surface area (Å²) in [6, 6.07) is 6.13. The van der Waals surface area contributed by atoms with E-state index in [0.717, 1.165) is 5.56 Å². The number of anilines is 1. The van der Waals surface area contributed by atoms with Crippen molar-refractivity contribution >= 4 is 21.7 Å². The first-order chi connectivity index (χ1) is 6.66. The maximum atomic E-state index is 12.9. The molecule has 72 valence electrons. The molecular formula is C9H6BrFN2O. The van der Waals surface area contributed by atoms with Crippen molar-refractivity contribution in [2.45, 2.75) is 0 Å². The van der Waals surface area contributed by atoms with Gasteiger partial charge in [0.15, 0.2) is 11.6 Å². The molecule has 3 nitrogen and oxygen atoms in total. The molecule has 0 atom stereocenters. The maximum Gasteiger partial charge on any atom is 0.169 e. The molecule has 0 aliphatic carbocycles. The Hall–Kier alpha value is -1.36. The standard InChI is InChI=1S/C9H6BrFN2O/c10-6-3-5(1-2-7(6)11)8-4-9(12)13-14-8/h1-4H,(H2,12,13). The van der Waals surface area contributed by atoms with Crippen LogP contribution in [0.15, 0.2) is 33.3 Å². The van der Waals surface area contributed by atoms with Gasteiger partial charge >= 0.3 is 0 Å². The van der Waals surface area contributed by atoms with E-state index in [-0.39, 0.29) is 5.82 Å². The van der Waals surface area contributed by atoms with E-state index in [0.29, 0.717) is 16.1 Å². The molecule has 14 heavy (non-hydrogen) atoms. The Morgan fingerprint density at radius 1 is 1.36 bits per heavy atom. The monoisotopic (exact) mass is 256 g/mol. The largest absolute Gasteiger partial charge is 0.381 e. The number of benzene rings is 1. The van der Waals surface area contributed by atoms with E-state index in [1.54, 1.807) is 18.2 Å². The molecule has 0 saturated heterocycles. The number of aromatic nitrogens is 1. The summed E-state index contributed by atoms with van der Waals surface area (Å²) in [7, 11) is 0. The number of halogens is 2. The number of hydrogen-bond donors (Lipinski definition) is 1. The Kier molecular flexibility index (Phi) is 2.25. The molecule has 0 aliphatic heterocycles. The fourth-order valence-corrected chi connectivity index (χ4v) is 1.45. The average molecular weight is 257 g/mol. The van der Waals surface area contributed by atoms with Crippen LogP contribution in [0, 0.1) is 5.82 Å². The summed E-state index contributed by atoms with van der Waals surface area (Å²) in [4.78, 5) is 0. The van der Waals surface area contributed by atoms with Crippen molar-refractivity contribution in [2.24, 2.45) is 0 Å². The van der Waals surface area contributed by atoms with Crippen LogP contribution in [-0.2, 0) is 0 Å². The van der Waals surface area contributed by atoms with Gasteiger partial charge in [0.25, 0.3) is 0 Å². The summed E-state index contributed by atoms with van der Waals surface area (Å²) in [6.45, 7) is 0. The van der Waals surface area contributed by atoms with Crippen LogP contribution in [0.25, 0.3) is 11.3 Å². The molecule has 2 rings (SSSR count). The van der Waals surface area contributed by atoms with Gasteiger partial charge in [0.05, 0.1) is 4.47 Å². The van der Waals surface area contributed by atoms with Crippen LogP contribution in [0.3, 0.4) is 0 Å². The lowest BCUT2D eigenvalue weighted by atomic mass is 10.2. The Balaban J connectivity index is 2.47. The maximum absolute atomic E-state index is 12.9. The van der Waals surface area contributed by atoms with Gasteiger partial charge in [-0.25, -0.2) is 4.39 Å². The summed E-state index contributed by atoms with van der Waals surface area (Å²) in [5.74, 6) is 0.505. The zero-order chi connectivity index (χ0) is 10.1. The molecule has 0 radical (unpaired) electrons. The van der Waals surface area contributed by atoms with Crippen molar-refractivity contribution in [3.8, 4) is 11.3 Å². The van der Waals surface area contributed by atoms with Gasteiger partial charge in [0, 0.05) is 11.6 Å². The van der Waals surface area contributed by atoms with Crippen molar-refractivity contribution in [1.29, 1.82) is 0 Å². The van der Waals surface area contributed by atoms with Crippen molar-refractivity contribution in [1.82, 2.24) is 5.16 Å². The Bertz CT molecular complexity index is 470. The molecule has 0 fully saturated rings. The van der Waals surface area contributed by atoms with Gasteiger partial charge in [-0.1, -0.05) is 5.16 Å². The van der Waals surface area contributed by atoms with E-state index in [4.69, 9.17) is 10.3 Å². The molecule has 2 N–H and O–H groups in total. The van der Waals surface area contributed by atoms with Gasteiger partial charge in [0.1, 0.15) is 5.82 Å². The second-order valence-corrected chi connectivity index (χ2v) is 3.60. The van der Waals surface area contributed by atoms with E-state index in [1.807, 2.05) is 0 Å². The number of rotatable bonds is 1. The SMILES string of the molecule is Nc1cc(-c2ccc(F)c(Br)c2)on1. The lowest BCUT2D eigenvalue weighted by Gasteiger charge is -1.97. The van der Waals surface area contributed by atoms with Crippen LogP contribution >= 0.6 is 15.9 Å². The Labute approximate surface area is 87.8 Å². The zero-order valence-corrected chi connectivity index (χ0v) is 8.58. The first-order valence-corrected chi connectivity index (χ1v) is 4.64. The van der Waals surface area contributed by atoms with Crippen LogP contribution < -0.4 is 5.73 Å². The Morgan fingerprint density at radius 3 is 2.71 bits per heavy atom. The van der Waals surface area contributed by atoms with Crippen LogP contribution in [-0.4, -0.2) is 5.16 Å². The highest BCUT2D eigenvalue weighted by Gasteiger charge is 2.07. The number of nitrogen functional groups attached to an aromatic ring is 1. The van der Waals surface area contributed by atoms with Gasteiger partial charge in [-0.2, -0.15) is 0 Å². The number of nitrogens with zero attached hydrogens (tertiary/aromatic N) is 1. The molecule has 1 aromatic carbocycles. The van der Waals surface area contributed by atoms with Crippen molar-refractivity contribution < 1.29 is 8.91 Å². The second-order valence-electron chi connectivity index (χ2n) is 2.74. The minimum Gasteiger partial charge on any atom is -0.381 e. The average Bonchev–Trinajstić information content (AvgIpc) is 2.57. The lowest BCUT2D eigenvalue weighted by Crippen LogP contribution is -1.80. The summed E-state index contributed by atoms with van der Waals surface area (Å²) in [5.41, 5.74) is 6.12. The highest BCUT2D eigenvalue weighted by atomic mass is 79.9. The summed E-state index contributed by atoms with van der Waals surface area (Å²) >= 11 is 3.08. The van der Waals surface area contributed by atoms with Crippen molar-refractivity contribution in [3.05, 3.63) is 34.6 Å². The first-order valence-electron chi connectivity index (χ1n) is 3.84. The zero-order valence-electron chi connectivity index (χ0n) is 7.00. The lowest BCUT2D eigenvalue weighted by molar-refractivity contribution is 0.435. The predicted molar refractivity (Wildman–Crippen MR) is 54.0 cm³/mol. The van der Waals surface area contributed by atoms with Gasteiger partial charge in [0.2, 0.25) is 0 Å². The molecule has 0 aliphatic rings. The van der Waals surface area contributed by atoms with Crippen LogP contribution in [0.2, 0.25) is 0 Å². The van der Waals surface area contributed by atoms with E-state index in [2.05, 4.69) is 21.1 Å². The molecule has 5 heteroatoms. The summed E-state index contributed by atoms with van der Waals surface area (Å²) < 4.78 is 18.2. The third-order valence-electron chi connectivity index (χ3n) is 1.73. The van der Waals surface area contributed by atoms with Gasteiger partial charge in [-0.05, 0) is 34.1 Å². The molecule has 0 spiro atoms. The van der Waals surface area contributed by atoms with Crippen LogP contribution in [0.1, 0.15) is 0 Å². The minimum atomic E-state index is -0.318. The second kappa shape index (κ2) is 3.42. The topological polar surface area (TPSA) is 52.0 Å². The Morgan fingerprint density at radius 2 is 2.14 bits per heavy atom. The highest BCUT2D eigenvalue weighted by molar-refractivity contribution is 9.10. The normalized spacial score (nSPS) is 10.4. The van der Waals surface area contributed by atoms with Gasteiger partial charge in [-0.3, -0.25) is 0 Å². The molecule has 1 aromatic heterocycles. The van der Waals surface area contributed by atoms with E-state index in [1.165, 1.54) is 6.07 Å². The molecule has 0 bridgehead atoms. The fraction of sp³-hybridized carbons (Fsp3) is 0. The molecular weight excluding hydrogens is 251 g/mol. The molecule has 0 amide bonds. The minimum absolute atomic E-state index is 0.306. The first kappa shape index (κ1) is 9.21. The molecule has 1 heterocycles. The fourth-order valence-electron chi connectivity index (χ4n) is 1.07. The van der Waals surface area contributed by atoms with Gasteiger partial charge in [-0.15, -0.1) is 0 Å². The van der Waals surface area contributed by atoms with Crippen LogP contribution in [0.5, 0.6) is 0 Å². The molecule has 0 saturated carbocycles. The van der Waals surface area contributed by atoms with Crippen molar-refractivity contribution in [2.75, 3.05) is 5.73 Å². The summed E-state index contributed by atoms with van der Waals surface area (Å²) in [5, 5.41) is 3.54. The van der Waals surface area contributed by atoms with E-state index < -0.39 is 0 Å². The highest BCUT2D eigenvalue weighted by Crippen LogP contribution is 2.25. The van der Waals surface area contributed by atoms with Crippen LogP contribution in [0.4, 0.5) is 10.2 Å². The molecule has 2 aromatic rings. The van der Waals surface area contributed by atoms with Gasteiger partial charge < -0.3 is 10.3 Å². The summed E-state index contributed by atoms with van der Waals surface area (Å²) in [6.07, 6.45) is 0. The molecule has 0 unspecified atom stereocenters. The quantitative estimate of drug-likeness (QED) is 0.854. The number of hydrogen-bond acceptors (Lipinski definition) is 3. The predicted octanol–water partition coefficient (Wildman–Crippen LogP) is 2.83.